The van der Waals surface area contributed by atoms with Gasteiger partial charge in [-0.15, -0.1) is 0 Å². The SMILES string of the molecule is CCCCCCCCCCCCCCCCCC(=O)N(CCCCCCCCCCCCCC)[C@@H]1O[C@H](CO)[C@H](O)[C@H](O)[C@H]1NC(=O)OCc1ccccc1. The first-order chi connectivity index (χ1) is 26.9. The molecule has 9 heteroatoms. The molecule has 0 spiro atoms. The molecule has 1 aromatic rings. The van der Waals surface area contributed by atoms with E-state index in [1.165, 1.54) is 128 Å². The number of alkyl carbamates (subject to hydrolysis) is 1. The summed E-state index contributed by atoms with van der Waals surface area (Å²) in [6.07, 6.45) is 27.6. The minimum Gasteiger partial charge on any atom is -0.445 e. The number of carbonyl (C=O) groups excluding carboxylic acids is 2. The smallest absolute Gasteiger partial charge is 0.407 e. The van der Waals surface area contributed by atoms with Crippen molar-refractivity contribution >= 4 is 12.0 Å². The molecule has 318 valence electrons. The lowest BCUT2D eigenvalue weighted by Gasteiger charge is -2.46. The quantitative estimate of drug-likeness (QED) is 0.0513. The lowest BCUT2D eigenvalue weighted by atomic mass is 9.95. The second kappa shape index (κ2) is 32.8. The summed E-state index contributed by atoms with van der Waals surface area (Å²) < 4.78 is 11.6. The monoisotopic (exact) mass is 775 g/mol. The number of unbranched alkanes of at least 4 members (excludes halogenated alkanes) is 25. The van der Waals surface area contributed by atoms with Crippen molar-refractivity contribution < 1.29 is 34.4 Å². The van der Waals surface area contributed by atoms with Crippen molar-refractivity contribution in [2.24, 2.45) is 0 Å². The summed E-state index contributed by atoms with van der Waals surface area (Å²) in [6.45, 7) is 4.42. The zero-order chi connectivity index (χ0) is 39.8. The Morgan fingerprint density at radius 3 is 1.53 bits per heavy atom. The van der Waals surface area contributed by atoms with Crippen LogP contribution in [-0.4, -0.2) is 76.0 Å². The van der Waals surface area contributed by atoms with Gasteiger partial charge in [-0.25, -0.2) is 4.79 Å². The van der Waals surface area contributed by atoms with Crippen LogP contribution in [0.5, 0.6) is 0 Å². The first-order valence-corrected chi connectivity index (χ1v) is 22.8. The van der Waals surface area contributed by atoms with E-state index in [4.69, 9.17) is 9.47 Å². The van der Waals surface area contributed by atoms with Crippen LogP contribution in [0.25, 0.3) is 0 Å². The molecule has 0 aromatic heterocycles. The van der Waals surface area contributed by atoms with Crippen LogP contribution in [0.15, 0.2) is 30.3 Å². The third kappa shape index (κ3) is 22.4. The van der Waals surface area contributed by atoms with E-state index in [-0.39, 0.29) is 12.5 Å². The summed E-state index contributed by atoms with van der Waals surface area (Å²) in [7, 11) is 0. The number of ether oxygens (including phenoxy) is 2. The van der Waals surface area contributed by atoms with Crippen LogP contribution in [0.4, 0.5) is 4.79 Å². The van der Waals surface area contributed by atoms with Gasteiger partial charge in [-0.1, -0.05) is 205 Å². The zero-order valence-corrected chi connectivity index (χ0v) is 35.1. The van der Waals surface area contributed by atoms with E-state index in [0.29, 0.717) is 13.0 Å². The van der Waals surface area contributed by atoms with E-state index in [2.05, 4.69) is 19.2 Å². The summed E-state index contributed by atoms with van der Waals surface area (Å²) >= 11 is 0. The molecule has 2 rings (SSSR count). The summed E-state index contributed by atoms with van der Waals surface area (Å²) in [6, 6.07) is 8.14. The second-order valence-electron chi connectivity index (χ2n) is 16.1. The number of benzene rings is 1. The fourth-order valence-corrected chi connectivity index (χ4v) is 7.73. The predicted molar refractivity (Wildman–Crippen MR) is 224 cm³/mol. The molecule has 0 unspecified atom stereocenters. The number of nitrogens with zero attached hydrogens (tertiary/aromatic N) is 1. The number of amides is 2. The van der Waals surface area contributed by atoms with Crippen LogP contribution in [0, 0.1) is 0 Å². The fraction of sp³-hybridized carbons (Fsp3) is 0.826. The number of hydrogen-bond donors (Lipinski definition) is 4. The number of nitrogens with one attached hydrogen (secondary N) is 1. The highest BCUT2D eigenvalue weighted by Crippen LogP contribution is 2.26. The van der Waals surface area contributed by atoms with Gasteiger partial charge in [-0.3, -0.25) is 4.79 Å². The van der Waals surface area contributed by atoms with E-state index in [0.717, 1.165) is 50.5 Å². The molecular formula is C46H82N2O7. The van der Waals surface area contributed by atoms with Crippen LogP contribution in [0.3, 0.4) is 0 Å². The molecule has 1 saturated heterocycles. The molecule has 1 heterocycles. The number of hydrogen-bond acceptors (Lipinski definition) is 7. The molecule has 1 aliphatic heterocycles. The van der Waals surface area contributed by atoms with Gasteiger partial charge in [0.1, 0.15) is 31.0 Å². The van der Waals surface area contributed by atoms with Crippen LogP contribution >= 0.6 is 0 Å². The van der Waals surface area contributed by atoms with Crippen molar-refractivity contribution in [1.29, 1.82) is 0 Å². The first-order valence-electron chi connectivity index (χ1n) is 22.8. The van der Waals surface area contributed by atoms with Gasteiger partial charge >= 0.3 is 6.09 Å². The van der Waals surface area contributed by atoms with Gasteiger partial charge in [0.25, 0.3) is 0 Å². The van der Waals surface area contributed by atoms with Crippen molar-refractivity contribution in [3.8, 4) is 0 Å². The third-order valence-corrected chi connectivity index (χ3v) is 11.3. The van der Waals surface area contributed by atoms with E-state index in [9.17, 15) is 24.9 Å². The number of aliphatic hydroxyl groups excluding tert-OH is 3. The van der Waals surface area contributed by atoms with Crippen molar-refractivity contribution in [3.63, 3.8) is 0 Å². The van der Waals surface area contributed by atoms with Crippen molar-refractivity contribution in [3.05, 3.63) is 35.9 Å². The summed E-state index contributed by atoms with van der Waals surface area (Å²) in [5.41, 5.74) is 0.808. The molecule has 2 amide bonds. The second-order valence-corrected chi connectivity index (χ2v) is 16.1. The van der Waals surface area contributed by atoms with Gasteiger partial charge in [0, 0.05) is 13.0 Å². The zero-order valence-electron chi connectivity index (χ0n) is 35.1. The van der Waals surface area contributed by atoms with Gasteiger partial charge in [0.2, 0.25) is 5.91 Å². The fourth-order valence-electron chi connectivity index (χ4n) is 7.73. The minimum absolute atomic E-state index is 0.0313. The Labute approximate surface area is 335 Å². The minimum atomic E-state index is -1.47. The van der Waals surface area contributed by atoms with Gasteiger partial charge < -0.3 is 35.0 Å². The lowest BCUT2D eigenvalue weighted by Crippen LogP contribution is -2.68. The van der Waals surface area contributed by atoms with Crippen molar-refractivity contribution in [2.75, 3.05) is 13.2 Å². The highest BCUT2D eigenvalue weighted by Gasteiger charge is 2.48. The maximum Gasteiger partial charge on any atom is 0.407 e. The molecule has 4 N–H and O–H groups in total. The summed E-state index contributed by atoms with van der Waals surface area (Å²) in [5, 5.41) is 34.7. The van der Waals surface area contributed by atoms with Crippen LogP contribution in [0.1, 0.15) is 199 Å². The predicted octanol–water partition coefficient (Wildman–Crippen LogP) is 10.5. The van der Waals surface area contributed by atoms with Crippen molar-refractivity contribution in [2.45, 2.75) is 231 Å². The normalized spacial score (nSPS) is 19.7. The number of rotatable bonds is 34. The molecule has 55 heavy (non-hydrogen) atoms. The van der Waals surface area contributed by atoms with Gasteiger partial charge in [0.15, 0.2) is 6.23 Å². The highest BCUT2D eigenvalue weighted by molar-refractivity contribution is 5.76. The Balaban J connectivity index is 1.89. The Kier molecular flexibility index (Phi) is 29.2. The van der Waals surface area contributed by atoms with Crippen LogP contribution in [-0.2, 0) is 20.9 Å². The van der Waals surface area contributed by atoms with Gasteiger partial charge in [0.05, 0.1) is 6.61 Å². The maximum absolute atomic E-state index is 13.9. The van der Waals surface area contributed by atoms with Crippen LogP contribution in [0.2, 0.25) is 0 Å². The largest absolute Gasteiger partial charge is 0.445 e. The highest BCUT2D eigenvalue weighted by atomic mass is 16.6. The van der Waals surface area contributed by atoms with E-state index < -0.39 is 43.3 Å². The maximum atomic E-state index is 13.9. The van der Waals surface area contributed by atoms with E-state index in [1.807, 2.05) is 30.3 Å². The van der Waals surface area contributed by atoms with E-state index >= 15 is 0 Å². The molecular weight excluding hydrogens is 693 g/mol. The molecule has 0 aliphatic carbocycles. The molecule has 0 bridgehead atoms. The standard InChI is InChI=1S/C46H82N2O7/c1-3-5-7-9-11-13-15-17-18-19-20-22-24-26-31-35-41(50)48(36-32-27-25-23-21-16-14-12-10-8-6-4-2)45-42(44(52)43(51)40(37-49)55-45)47-46(53)54-38-39-33-29-28-30-34-39/h28-30,33-34,40,42-45,49,51-52H,3-27,31-32,35-38H2,1-2H3,(H,47,53)/t40-,42-,43+,44-,45-/m1/s1. The molecule has 1 aliphatic rings. The molecule has 1 fully saturated rings. The average molecular weight is 775 g/mol. The first kappa shape index (κ1) is 48.9. The van der Waals surface area contributed by atoms with E-state index in [1.54, 1.807) is 4.90 Å². The molecule has 9 nitrogen and oxygen atoms in total. The Hall–Kier alpha value is -2.20. The molecule has 0 radical (unpaired) electrons. The summed E-state index contributed by atoms with van der Waals surface area (Å²) in [4.78, 5) is 28.5. The Bertz CT molecular complexity index is 1060. The Morgan fingerprint density at radius 2 is 1.07 bits per heavy atom. The topological polar surface area (TPSA) is 129 Å². The van der Waals surface area contributed by atoms with Gasteiger partial charge in [-0.05, 0) is 18.4 Å². The molecule has 1 aromatic carbocycles. The van der Waals surface area contributed by atoms with Crippen LogP contribution < -0.4 is 5.32 Å². The Morgan fingerprint density at radius 1 is 0.636 bits per heavy atom. The molecule has 5 atom stereocenters. The average Bonchev–Trinajstić information content (AvgIpc) is 3.20. The third-order valence-electron chi connectivity index (χ3n) is 11.3. The summed E-state index contributed by atoms with van der Waals surface area (Å²) in [5.74, 6) is -0.104. The van der Waals surface area contributed by atoms with Crippen molar-refractivity contribution in [1.82, 2.24) is 10.2 Å². The molecule has 0 saturated carbocycles. The number of aliphatic hydroxyl groups is 3. The lowest BCUT2D eigenvalue weighted by molar-refractivity contribution is -0.230. The number of carbonyl (C=O) groups is 2. The van der Waals surface area contributed by atoms with Gasteiger partial charge in [-0.2, -0.15) is 0 Å².